The summed E-state index contributed by atoms with van der Waals surface area (Å²) >= 11 is 0. The van der Waals surface area contributed by atoms with Crippen molar-refractivity contribution in [3.8, 4) is 0 Å². The van der Waals surface area contributed by atoms with Crippen molar-refractivity contribution in [2.75, 3.05) is 32.8 Å². The molecule has 1 aromatic rings. The number of carbonyl (C=O) groups excluding carboxylic acids is 1. The van der Waals surface area contributed by atoms with Gasteiger partial charge < -0.3 is 4.74 Å². The number of carbonyl (C=O) groups is 1. The Morgan fingerprint density at radius 3 is 2.79 bits per heavy atom. The highest BCUT2D eigenvalue weighted by Crippen LogP contribution is 1.98. The van der Waals surface area contributed by atoms with Crippen molar-refractivity contribution >= 4 is 5.91 Å². The molecule has 1 aromatic heterocycles. The minimum atomic E-state index is -0.142. The predicted octanol–water partition coefficient (Wildman–Crippen LogP) is 0.0367. The van der Waals surface area contributed by atoms with E-state index in [2.05, 4.69) is 20.7 Å². The molecule has 2 rings (SSSR count). The largest absolute Gasteiger partial charge is 0.379 e. The van der Waals surface area contributed by atoms with Gasteiger partial charge in [-0.1, -0.05) is 0 Å². The maximum absolute atomic E-state index is 11.8. The summed E-state index contributed by atoms with van der Waals surface area (Å²) in [6.07, 6.45) is 3.21. The minimum absolute atomic E-state index is 0.142. The van der Waals surface area contributed by atoms with E-state index in [4.69, 9.17) is 4.74 Å². The maximum atomic E-state index is 11.8. The van der Waals surface area contributed by atoms with Gasteiger partial charge in [0.2, 0.25) is 0 Å². The lowest BCUT2D eigenvalue weighted by atomic mass is 10.2. The fourth-order valence-corrected chi connectivity index (χ4v) is 1.98. The third-order valence-corrected chi connectivity index (χ3v) is 3.01. The van der Waals surface area contributed by atoms with E-state index >= 15 is 0 Å². The van der Waals surface area contributed by atoms with Crippen LogP contribution in [0.15, 0.2) is 24.5 Å². The highest BCUT2D eigenvalue weighted by atomic mass is 16.5. The van der Waals surface area contributed by atoms with Crippen LogP contribution >= 0.6 is 0 Å². The quantitative estimate of drug-likeness (QED) is 0.735. The number of morpholine rings is 1. The summed E-state index contributed by atoms with van der Waals surface area (Å²) in [5.74, 6) is -0.142. The predicted molar refractivity (Wildman–Crippen MR) is 71.6 cm³/mol. The Hall–Kier alpha value is -1.50. The third kappa shape index (κ3) is 4.59. The van der Waals surface area contributed by atoms with Gasteiger partial charge in [0.25, 0.3) is 5.91 Å². The van der Waals surface area contributed by atoms with E-state index in [1.165, 1.54) is 0 Å². The molecule has 1 aliphatic rings. The Morgan fingerprint density at radius 1 is 1.42 bits per heavy atom. The first-order valence-electron chi connectivity index (χ1n) is 6.51. The van der Waals surface area contributed by atoms with E-state index < -0.39 is 0 Å². The second kappa shape index (κ2) is 7.18. The van der Waals surface area contributed by atoms with E-state index in [-0.39, 0.29) is 11.9 Å². The van der Waals surface area contributed by atoms with Crippen LogP contribution in [-0.4, -0.2) is 54.7 Å². The molecule has 0 bridgehead atoms. The number of ether oxygens (including phenoxy) is 1. The molecular weight excluding hydrogens is 244 g/mol. The van der Waals surface area contributed by atoms with E-state index in [0.717, 1.165) is 32.8 Å². The molecular formula is C13H20N4O2. The molecule has 1 saturated heterocycles. The van der Waals surface area contributed by atoms with Gasteiger partial charge in [0.15, 0.2) is 0 Å². The molecule has 1 atom stereocenters. The number of rotatable bonds is 5. The zero-order valence-electron chi connectivity index (χ0n) is 11.1. The van der Waals surface area contributed by atoms with Crippen LogP contribution in [0, 0.1) is 0 Å². The van der Waals surface area contributed by atoms with E-state index in [9.17, 15) is 4.79 Å². The molecule has 2 N–H and O–H groups in total. The molecule has 0 aromatic carbocycles. The Bertz CT molecular complexity index is 393. The lowest BCUT2D eigenvalue weighted by Gasteiger charge is -2.29. The van der Waals surface area contributed by atoms with Crippen LogP contribution in [0.1, 0.15) is 17.3 Å². The summed E-state index contributed by atoms with van der Waals surface area (Å²) in [5.41, 5.74) is 6.34. The van der Waals surface area contributed by atoms with Crippen LogP contribution in [0.3, 0.4) is 0 Å². The Morgan fingerprint density at radius 2 is 2.11 bits per heavy atom. The molecule has 6 nitrogen and oxygen atoms in total. The fraction of sp³-hybridized carbons (Fsp3) is 0.538. The second-order valence-corrected chi connectivity index (χ2v) is 4.65. The highest BCUT2D eigenvalue weighted by Gasteiger charge is 2.14. The summed E-state index contributed by atoms with van der Waals surface area (Å²) in [5, 5.41) is 0. The van der Waals surface area contributed by atoms with Gasteiger partial charge >= 0.3 is 0 Å². The van der Waals surface area contributed by atoms with Gasteiger partial charge in [-0.2, -0.15) is 0 Å². The number of amides is 1. The smallest absolute Gasteiger partial charge is 0.265 e. The molecule has 19 heavy (non-hydrogen) atoms. The molecule has 1 unspecified atom stereocenters. The normalized spacial score (nSPS) is 17.9. The first-order chi connectivity index (χ1) is 9.25. The van der Waals surface area contributed by atoms with Gasteiger partial charge in [-0.15, -0.1) is 0 Å². The van der Waals surface area contributed by atoms with Crippen molar-refractivity contribution in [1.82, 2.24) is 20.7 Å². The van der Waals surface area contributed by atoms with Crippen LogP contribution in [0.4, 0.5) is 0 Å². The number of nitrogens with zero attached hydrogens (tertiary/aromatic N) is 2. The number of pyridine rings is 1. The number of hydrogen-bond donors (Lipinski definition) is 2. The molecule has 1 aliphatic heterocycles. The fourth-order valence-electron chi connectivity index (χ4n) is 1.98. The number of nitrogens with one attached hydrogen (secondary N) is 2. The number of hydrogen-bond acceptors (Lipinski definition) is 5. The molecule has 104 valence electrons. The average Bonchev–Trinajstić information content (AvgIpc) is 2.47. The zero-order chi connectivity index (χ0) is 13.5. The minimum Gasteiger partial charge on any atom is -0.379 e. The van der Waals surface area contributed by atoms with Crippen LogP contribution in [0.5, 0.6) is 0 Å². The van der Waals surface area contributed by atoms with Crippen molar-refractivity contribution in [3.05, 3.63) is 30.1 Å². The first-order valence-corrected chi connectivity index (χ1v) is 6.51. The molecule has 1 fully saturated rings. The summed E-state index contributed by atoms with van der Waals surface area (Å²) in [6, 6.07) is 3.55. The SMILES string of the molecule is CC(CN1CCOCC1)NNC(=O)c1ccncc1. The van der Waals surface area contributed by atoms with Gasteiger partial charge in [-0.05, 0) is 19.1 Å². The number of aromatic nitrogens is 1. The van der Waals surface area contributed by atoms with Gasteiger partial charge in [0.05, 0.1) is 13.2 Å². The molecule has 1 amide bonds. The third-order valence-electron chi connectivity index (χ3n) is 3.01. The lowest BCUT2D eigenvalue weighted by molar-refractivity contribution is 0.0335. The van der Waals surface area contributed by atoms with Crippen molar-refractivity contribution in [1.29, 1.82) is 0 Å². The van der Waals surface area contributed by atoms with E-state index in [0.29, 0.717) is 5.56 Å². The van der Waals surface area contributed by atoms with Gasteiger partial charge in [0.1, 0.15) is 0 Å². The van der Waals surface area contributed by atoms with Crippen molar-refractivity contribution < 1.29 is 9.53 Å². The second-order valence-electron chi connectivity index (χ2n) is 4.65. The average molecular weight is 264 g/mol. The molecule has 0 aliphatic carbocycles. The Kier molecular flexibility index (Phi) is 5.26. The molecule has 6 heteroatoms. The van der Waals surface area contributed by atoms with Crippen LogP contribution in [-0.2, 0) is 4.74 Å². The lowest BCUT2D eigenvalue weighted by Crippen LogP contribution is -2.50. The topological polar surface area (TPSA) is 66.5 Å². The van der Waals surface area contributed by atoms with Gasteiger partial charge in [-0.25, -0.2) is 5.43 Å². The standard InChI is InChI=1S/C13H20N4O2/c1-11(10-17-6-8-19-9-7-17)15-16-13(18)12-2-4-14-5-3-12/h2-5,11,15H,6-10H2,1H3,(H,16,18). The Balaban J connectivity index is 1.71. The molecule has 0 radical (unpaired) electrons. The van der Waals surface area contributed by atoms with Crippen molar-refractivity contribution in [2.45, 2.75) is 13.0 Å². The Labute approximate surface area is 113 Å². The summed E-state index contributed by atoms with van der Waals surface area (Å²) in [6.45, 7) is 6.41. The summed E-state index contributed by atoms with van der Waals surface area (Å²) < 4.78 is 5.30. The van der Waals surface area contributed by atoms with Gasteiger partial charge in [0, 0.05) is 43.6 Å². The van der Waals surface area contributed by atoms with Gasteiger partial charge in [-0.3, -0.25) is 20.1 Å². The van der Waals surface area contributed by atoms with Crippen LogP contribution in [0.25, 0.3) is 0 Å². The maximum Gasteiger partial charge on any atom is 0.265 e. The van der Waals surface area contributed by atoms with E-state index in [1.54, 1.807) is 24.5 Å². The van der Waals surface area contributed by atoms with Crippen molar-refractivity contribution in [2.24, 2.45) is 0 Å². The van der Waals surface area contributed by atoms with Crippen LogP contribution < -0.4 is 10.9 Å². The van der Waals surface area contributed by atoms with E-state index in [1.807, 2.05) is 6.92 Å². The first kappa shape index (κ1) is 13.9. The molecule has 2 heterocycles. The molecule has 0 saturated carbocycles. The van der Waals surface area contributed by atoms with Crippen molar-refractivity contribution in [3.63, 3.8) is 0 Å². The number of hydrazine groups is 1. The monoisotopic (exact) mass is 264 g/mol. The van der Waals surface area contributed by atoms with Crippen LogP contribution in [0.2, 0.25) is 0 Å². The molecule has 0 spiro atoms. The highest BCUT2D eigenvalue weighted by molar-refractivity contribution is 5.93. The summed E-state index contributed by atoms with van der Waals surface area (Å²) in [7, 11) is 0. The summed E-state index contributed by atoms with van der Waals surface area (Å²) in [4.78, 5) is 18.0. The zero-order valence-corrected chi connectivity index (χ0v) is 11.1.